The van der Waals surface area contributed by atoms with E-state index in [2.05, 4.69) is 17.0 Å². The van der Waals surface area contributed by atoms with Gasteiger partial charge in [-0.2, -0.15) is 13.2 Å². The largest absolute Gasteiger partial charge is 0.490 e. The van der Waals surface area contributed by atoms with Crippen LogP contribution in [0.4, 0.5) is 13.2 Å². The Balaban J connectivity index is 1.87. The number of esters is 1. The lowest BCUT2D eigenvalue weighted by atomic mass is 9.92. The summed E-state index contributed by atoms with van der Waals surface area (Å²) in [5.74, 6) is -1.74. The van der Waals surface area contributed by atoms with Gasteiger partial charge in [-0.05, 0) is 25.3 Å². The maximum atomic E-state index is 12.0. The van der Waals surface area contributed by atoms with Crippen LogP contribution >= 0.6 is 0 Å². The van der Waals surface area contributed by atoms with Crippen LogP contribution in [0.2, 0.25) is 0 Å². The molecule has 7 heteroatoms. The van der Waals surface area contributed by atoms with E-state index < -0.39 is 23.9 Å². The van der Waals surface area contributed by atoms with Gasteiger partial charge in [0.25, 0.3) is 0 Å². The molecule has 1 saturated carbocycles. The number of hydrogen-bond acceptors (Lipinski definition) is 4. The molecule has 1 aliphatic carbocycles. The predicted octanol–water partition coefficient (Wildman–Crippen LogP) is 0.983. The van der Waals surface area contributed by atoms with Gasteiger partial charge in [-0.1, -0.05) is 6.92 Å². The molecule has 0 spiro atoms. The van der Waals surface area contributed by atoms with Crippen LogP contribution in [0.1, 0.15) is 26.2 Å². The highest BCUT2D eigenvalue weighted by Crippen LogP contribution is 2.45. The average Bonchev–Trinajstić information content (AvgIpc) is 2.90. The molecule has 1 heterocycles. The first-order valence-corrected chi connectivity index (χ1v) is 5.97. The van der Waals surface area contributed by atoms with Crippen molar-refractivity contribution in [2.24, 2.45) is 5.92 Å². The number of carbonyl (C=O) groups is 1. The number of rotatable bonds is 2. The molecule has 0 aromatic heterocycles. The van der Waals surface area contributed by atoms with Crippen LogP contribution in [-0.4, -0.2) is 41.5 Å². The molecule has 0 bridgehead atoms. The van der Waals surface area contributed by atoms with Crippen molar-refractivity contribution in [3.63, 3.8) is 0 Å². The standard InChI is InChI=1S/C11H16F3NO3/c1-6-2-3-7(15-5-6)10(17)4-8(10)18-9(16)11(12,13)14/h6-8,15,17H,2-5H2,1H3. The number of carbonyl (C=O) groups excluding carboxylic acids is 1. The van der Waals surface area contributed by atoms with Crippen LogP contribution in [0, 0.1) is 5.92 Å². The molecule has 0 radical (unpaired) electrons. The summed E-state index contributed by atoms with van der Waals surface area (Å²) in [5, 5.41) is 13.2. The lowest BCUT2D eigenvalue weighted by Crippen LogP contribution is -2.49. The fourth-order valence-corrected chi connectivity index (χ4v) is 2.37. The van der Waals surface area contributed by atoms with Gasteiger partial charge in [0.1, 0.15) is 11.7 Å². The quantitative estimate of drug-likeness (QED) is 0.732. The Morgan fingerprint density at radius 3 is 2.61 bits per heavy atom. The Bertz CT molecular complexity index is 339. The SMILES string of the molecule is CC1CCC(C2(O)CC2OC(=O)C(F)(F)F)NC1. The van der Waals surface area contributed by atoms with Crippen molar-refractivity contribution < 1.29 is 27.8 Å². The van der Waals surface area contributed by atoms with Gasteiger partial charge in [-0.25, -0.2) is 4.79 Å². The van der Waals surface area contributed by atoms with Gasteiger partial charge in [0.05, 0.1) is 0 Å². The predicted molar refractivity (Wildman–Crippen MR) is 55.7 cm³/mol. The van der Waals surface area contributed by atoms with Crippen molar-refractivity contribution in [2.75, 3.05) is 6.54 Å². The highest BCUT2D eigenvalue weighted by atomic mass is 19.4. The van der Waals surface area contributed by atoms with Gasteiger partial charge in [-0.15, -0.1) is 0 Å². The third kappa shape index (κ3) is 2.61. The van der Waals surface area contributed by atoms with E-state index >= 15 is 0 Å². The zero-order valence-corrected chi connectivity index (χ0v) is 9.96. The lowest BCUT2D eigenvalue weighted by molar-refractivity contribution is -0.203. The van der Waals surface area contributed by atoms with Gasteiger partial charge in [0, 0.05) is 12.5 Å². The van der Waals surface area contributed by atoms with Gasteiger partial charge in [-0.3, -0.25) is 0 Å². The highest BCUT2D eigenvalue weighted by molar-refractivity contribution is 5.76. The second-order valence-electron chi connectivity index (χ2n) is 5.23. The van der Waals surface area contributed by atoms with Gasteiger partial charge < -0.3 is 15.2 Å². The van der Waals surface area contributed by atoms with Crippen molar-refractivity contribution in [2.45, 2.75) is 50.1 Å². The normalized spacial score (nSPS) is 40.4. The first-order chi connectivity index (χ1) is 8.23. The summed E-state index contributed by atoms with van der Waals surface area (Å²) >= 11 is 0. The highest BCUT2D eigenvalue weighted by Gasteiger charge is 2.62. The molecule has 2 rings (SSSR count). The van der Waals surface area contributed by atoms with Crippen LogP contribution in [0.25, 0.3) is 0 Å². The minimum Gasteiger partial charge on any atom is -0.452 e. The topological polar surface area (TPSA) is 58.6 Å². The molecule has 2 N–H and O–H groups in total. The molecule has 104 valence electrons. The van der Waals surface area contributed by atoms with E-state index in [1.807, 2.05) is 0 Å². The van der Waals surface area contributed by atoms with E-state index in [1.54, 1.807) is 0 Å². The van der Waals surface area contributed by atoms with E-state index in [9.17, 15) is 23.1 Å². The Labute approximate surface area is 102 Å². The molecule has 2 fully saturated rings. The van der Waals surface area contributed by atoms with E-state index in [4.69, 9.17) is 0 Å². The molecule has 0 aromatic carbocycles. The Hall–Kier alpha value is -0.820. The summed E-state index contributed by atoms with van der Waals surface area (Å²) < 4.78 is 40.3. The van der Waals surface area contributed by atoms with Crippen molar-refractivity contribution in [3.8, 4) is 0 Å². The lowest BCUT2D eigenvalue weighted by Gasteiger charge is -2.31. The maximum absolute atomic E-state index is 12.0. The average molecular weight is 267 g/mol. The van der Waals surface area contributed by atoms with Crippen molar-refractivity contribution in [1.29, 1.82) is 0 Å². The second kappa shape index (κ2) is 4.38. The molecule has 1 aliphatic heterocycles. The molecular formula is C11H16F3NO3. The monoisotopic (exact) mass is 267 g/mol. The van der Waals surface area contributed by atoms with E-state index in [0.717, 1.165) is 6.42 Å². The summed E-state index contributed by atoms with van der Waals surface area (Å²) in [4.78, 5) is 10.7. The first-order valence-electron chi connectivity index (χ1n) is 5.97. The van der Waals surface area contributed by atoms with E-state index in [-0.39, 0.29) is 12.5 Å². The number of hydrogen-bond donors (Lipinski definition) is 2. The van der Waals surface area contributed by atoms with Crippen molar-refractivity contribution >= 4 is 5.97 Å². The van der Waals surface area contributed by atoms with Crippen molar-refractivity contribution in [1.82, 2.24) is 5.32 Å². The minimum absolute atomic E-state index is 0.0703. The number of aliphatic hydroxyl groups is 1. The molecule has 0 aromatic rings. The van der Waals surface area contributed by atoms with Gasteiger partial charge in [0.15, 0.2) is 0 Å². The third-order valence-electron chi connectivity index (χ3n) is 3.65. The fraction of sp³-hybridized carbons (Fsp3) is 0.909. The molecule has 4 nitrogen and oxygen atoms in total. The zero-order chi connectivity index (χ0) is 13.6. The smallest absolute Gasteiger partial charge is 0.452 e. The molecule has 0 amide bonds. The maximum Gasteiger partial charge on any atom is 0.490 e. The number of alkyl halides is 3. The zero-order valence-electron chi connectivity index (χ0n) is 9.96. The summed E-state index contributed by atoms with van der Waals surface area (Å²) in [6.45, 7) is 2.77. The summed E-state index contributed by atoms with van der Waals surface area (Å²) in [6.07, 6.45) is -4.39. The minimum atomic E-state index is -5.00. The first kappa shape index (κ1) is 13.6. The van der Waals surface area contributed by atoms with Gasteiger partial charge in [0.2, 0.25) is 0 Å². The number of ether oxygens (including phenoxy) is 1. The van der Waals surface area contributed by atoms with Crippen LogP contribution in [0.3, 0.4) is 0 Å². The van der Waals surface area contributed by atoms with Crippen LogP contribution in [0.5, 0.6) is 0 Å². The fourth-order valence-electron chi connectivity index (χ4n) is 2.37. The Kier molecular flexibility index (Phi) is 3.31. The van der Waals surface area contributed by atoms with E-state index in [1.165, 1.54) is 0 Å². The number of halogens is 3. The molecule has 4 atom stereocenters. The van der Waals surface area contributed by atoms with E-state index in [0.29, 0.717) is 18.9 Å². The Morgan fingerprint density at radius 2 is 2.11 bits per heavy atom. The van der Waals surface area contributed by atoms with Crippen LogP contribution in [-0.2, 0) is 9.53 Å². The number of piperidine rings is 1. The molecule has 1 saturated heterocycles. The van der Waals surface area contributed by atoms with Crippen LogP contribution < -0.4 is 5.32 Å². The molecule has 2 aliphatic rings. The Morgan fingerprint density at radius 1 is 1.44 bits per heavy atom. The number of nitrogens with one attached hydrogen (secondary N) is 1. The van der Waals surface area contributed by atoms with Crippen molar-refractivity contribution in [3.05, 3.63) is 0 Å². The third-order valence-corrected chi connectivity index (χ3v) is 3.65. The molecule has 4 unspecified atom stereocenters. The summed E-state index contributed by atoms with van der Waals surface area (Å²) in [5.41, 5.74) is -1.33. The molecular weight excluding hydrogens is 251 g/mol. The van der Waals surface area contributed by atoms with Crippen LogP contribution in [0.15, 0.2) is 0 Å². The molecule has 18 heavy (non-hydrogen) atoms. The second-order valence-corrected chi connectivity index (χ2v) is 5.23. The van der Waals surface area contributed by atoms with Gasteiger partial charge >= 0.3 is 12.1 Å². The summed E-state index contributed by atoms with van der Waals surface area (Å²) in [6, 6.07) is -0.292. The summed E-state index contributed by atoms with van der Waals surface area (Å²) in [7, 11) is 0.